The maximum Gasteiger partial charge on any atom is 0.323 e. The van der Waals surface area contributed by atoms with Gasteiger partial charge in [-0.2, -0.15) is 5.48 Å². The molecular weight excluding hydrogens is 204 g/mol. The van der Waals surface area contributed by atoms with Crippen LogP contribution in [0.4, 0.5) is 0 Å². The Labute approximate surface area is 86.8 Å². The number of carboxylic acid groups (broad SMARTS) is 2. The quantitative estimate of drug-likeness (QED) is 0.344. The summed E-state index contributed by atoms with van der Waals surface area (Å²) in [4.78, 5) is 20.7. The first kappa shape index (κ1) is 13.8. The summed E-state index contributed by atoms with van der Waals surface area (Å²) in [6, 6.07) is -1.50. The van der Waals surface area contributed by atoms with E-state index in [0.717, 1.165) is 0 Å². The third-order valence-electron chi connectivity index (χ3n) is 1.96. The van der Waals surface area contributed by atoms with Crippen LogP contribution in [0.25, 0.3) is 0 Å². The summed E-state index contributed by atoms with van der Waals surface area (Å²) in [6.45, 7) is 0. The topological polar surface area (TPSA) is 133 Å². The zero-order valence-corrected chi connectivity index (χ0v) is 8.22. The third kappa shape index (κ3) is 6.83. The van der Waals surface area contributed by atoms with Crippen molar-refractivity contribution in [3.8, 4) is 0 Å². The van der Waals surface area contributed by atoms with Gasteiger partial charge in [0.2, 0.25) is 0 Å². The van der Waals surface area contributed by atoms with Gasteiger partial charge in [0.1, 0.15) is 6.04 Å². The molecule has 15 heavy (non-hydrogen) atoms. The summed E-state index contributed by atoms with van der Waals surface area (Å²) in [5.74, 6) is -2.12. The molecule has 0 spiro atoms. The lowest BCUT2D eigenvalue weighted by molar-refractivity contribution is -0.142. The summed E-state index contributed by atoms with van der Waals surface area (Å²) in [5.41, 5.74) is 7.13. The van der Waals surface area contributed by atoms with Crippen LogP contribution in [0.15, 0.2) is 0 Å². The van der Waals surface area contributed by atoms with Gasteiger partial charge in [0.15, 0.2) is 0 Å². The zero-order chi connectivity index (χ0) is 11.8. The van der Waals surface area contributed by atoms with Gasteiger partial charge in [-0.25, -0.2) is 0 Å². The fourth-order valence-electron chi connectivity index (χ4n) is 1.15. The smallest absolute Gasteiger partial charge is 0.323 e. The maximum absolute atomic E-state index is 10.4. The van der Waals surface area contributed by atoms with Gasteiger partial charge in [-0.15, -0.1) is 0 Å². The first-order valence-electron chi connectivity index (χ1n) is 4.57. The van der Waals surface area contributed by atoms with E-state index in [0.29, 0.717) is 12.8 Å². The number of carbonyl (C=O) groups is 2. The normalized spacial score (nSPS) is 14.5. The molecule has 0 rings (SSSR count). The molecular formula is C8H16N2O5. The lowest BCUT2D eigenvalue weighted by Crippen LogP contribution is -2.34. The number of hydrogen-bond donors (Lipinski definition) is 5. The first-order chi connectivity index (χ1) is 6.97. The molecule has 88 valence electrons. The Kier molecular flexibility index (Phi) is 6.59. The van der Waals surface area contributed by atoms with Gasteiger partial charge in [0.05, 0.1) is 6.42 Å². The molecule has 2 atom stereocenters. The Morgan fingerprint density at radius 3 is 2.27 bits per heavy atom. The zero-order valence-electron chi connectivity index (χ0n) is 8.22. The van der Waals surface area contributed by atoms with Crippen LogP contribution in [0.5, 0.6) is 0 Å². The van der Waals surface area contributed by atoms with Crippen molar-refractivity contribution in [2.75, 3.05) is 0 Å². The summed E-state index contributed by atoms with van der Waals surface area (Å²) >= 11 is 0. The van der Waals surface area contributed by atoms with Crippen molar-refractivity contribution in [3.05, 3.63) is 0 Å². The van der Waals surface area contributed by atoms with Gasteiger partial charge in [-0.3, -0.25) is 9.59 Å². The Hall–Kier alpha value is -1.18. The van der Waals surface area contributed by atoms with Crippen LogP contribution in [-0.2, 0) is 9.59 Å². The molecule has 0 radical (unpaired) electrons. The van der Waals surface area contributed by atoms with E-state index < -0.39 is 24.0 Å². The number of hydroxylamine groups is 1. The van der Waals surface area contributed by atoms with Gasteiger partial charge < -0.3 is 21.2 Å². The molecule has 0 aliphatic rings. The molecule has 0 aliphatic carbocycles. The highest BCUT2D eigenvalue weighted by atomic mass is 16.5. The predicted octanol–water partition coefficient (Wildman–Crippen LogP) is -0.609. The van der Waals surface area contributed by atoms with Gasteiger partial charge in [0, 0.05) is 6.04 Å². The van der Waals surface area contributed by atoms with Crippen LogP contribution in [0, 0.1) is 0 Å². The molecule has 0 aromatic heterocycles. The van der Waals surface area contributed by atoms with Gasteiger partial charge >= 0.3 is 11.9 Å². The van der Waals surface area contributed by atoms with E-state index in [-0.39, 0.29) is 12.8 Å². The number of carboxylic acids is 2. The number of nitrogens with two attached hydrogens (primary N) is 1. The molecule has 7 nitrogen and oxygen atoms in total. The monoisotopic (exact) mass is 220 g/mol. The van der Waals surface area contributed by atoms with E-state index >= 15 is 0 Å². The van der Waals surface area contributed by atoms with Gasteiger partial charge in [-0.05, 0) is 19.3 Å². The molecule has 7 heteroatoms. The Bertz CT molecular complexity index is 221. The minimum Gasteiger partial charge on any atom is -0.481 e. The van der Waals surface area contributed by atoms with Crippen molar-refractivity contribution < 1.29 is 25.0 Å². The van der Waals surface area contributed by atoms with Crippen molar-refractivity contribution in [1.82, 2.24) is 5.48 Å². The van der Waals surface area contributed by atoms with Crippen LogP contribution in [0.3, 0.4) is 0 Å². The molecule has 0 saturated carbocycles. The highest BCUT2D eigenvalue weighted by Gasteiger charge is 2.16. The molecule has 0 fully saturated rings. The number of nitrogens with one attached hydrogen (secondary N) is 1. The van der Waals surface area contributed by atoms with Crippen LogP contribution in [0.1, 0.15) is 25.7 Å². The predicted molar refractivity (Wildman–Crippen MR) is 50.4 cm³/mol. The summed E-state index contributed by atoms with van der Waals surface area (Å²) < 4.78 is 0. The van der Waals surface area contributed by atoms with E-state index in [1.807, 2.05) is 0 Å². The van der Waals surface area contributed by atoms with Crippen LogP contribution < -0.4 is 11.2 Å². The Morgan fingerprint density at radius 1 is 1.27 bits per heavy atom. The fraction of sp³-hybridized carbons (Fsp3) is 0.750. The molecule has 0 aromatic carbocycles. The van der Waals surface area contributed by atoms with Crippen molar-refractivity contribution in [2.45, 2.75) is 37.8 Å². The van der Waals surface area contributed by atoms with E-state index in [4.69, 9.17) is 21.2 Å². The highest BCUT2D eigenvalue weighted by molar-refractivity contribution is 5.73. The molecule has 0 heterocycles. The average molecular weight is 220 g/mol. The van der Waals surface area contributed by atoms with Crippen molar-refractivity contribution >= 4 is 11.9 Å². The largest absolute Gasteiger partial charge is 0.481 e. The van der Waals surface area contributed by atoms with Crippen molar-refractivity contribution in [3.63, 3.8) is 0 Å². The summed E-state index contributed by atoms with van der Waals surface area (Å²) in [5, 5.41) is 25.4. The van der Waals surface area contributed by atoms with E-state index in [1.54, 1.807) is 5.48 Å². The SMILES string of the molecule is NC(CCC[C@H](NO)C(=O)O)CC(=O)O. The standard InChI is InChI=1S/C8H16N2O5/c9-5(4-7(11)12)2-1-3-6(10-15)8(13)14/h5-6,10,15H,1-4,9H2,(H,11,12)(H,13,14)/t5?,6-/m0/s1. The molecule has 1 unspecified atom stereocenters. The van der Waals surface area contributed by atoms with Crippen molar-refractivity contribution in [2.24, 2.45) is 5.73 Å². The molecule has 0 aromatic rings. The van der Waals surface area contributed by atoms with Crippen LogP contribution in [0.2, 0.25) is 0 Å². The fourth-order valence-corrected chi connectivity index (χ4v) is 1.15. The highest BCUT2D eigenvalue weighted by Crippen LogP contribution is 2.05. The number of rotatable bonds is 8. The Morgan fingerprint density at radius 2 is 1.87 bits per heavy atom. The second-order valence-electron chi connectivity index (χ2n) is 3.31. The van der Waals surface area contributed by atoms with Crippen LogP contribution >= 0.6 is 0 Å². The number of aliphatic carboxylic acids is 2. The third-order valence-corrected chi connectivity index (χ3v) is 1.96. The van der Waals surface area contributed by atoms with Crippen LogP contribution in [-0.4, -0.2) is 39.4 Å². The molecule has 0 saturated heterocycles. The van der Waals surface area contributed by atoms with Gasteiger partial charge in [-0.1, -0.05) is 0 Å². The van der Waals surface area contributed by atoms with Gasteiger partial charge in [0.25, 0.3) is 0 Å². The average Bonchev–Trinajstić information content (AvgIpc) is 2.10. The minimum atomic E-state index is -1.15. The Balaban J connectivity index is 3.68. The minimum absolute atomic E-state index is 0.135. The molecule has 6 N–H and O–H groups in total. The first-order valence-corrected chi connectivity index (χ1v) is 4.57. The summed E-state index contributed by atoms with van der Waals surface area (Å²) in [6.07, 6.45) is 0.931. The number of hydrogen-bond acceptors (Lipinski definition) is 5. The van der Waals surface area contributed by atoms with E-state index in [9.17, 15) is 9.59 Å². The molecule has 0 amide bonds. The molecule has 0 bridgehead atoms. The molecule has 0 aliphatic heterocycles. The maximum atomic E-state index is 10.4. The summed E-state index contributed by atoms with van der Waals surface area (Å²) in [7, 11) is 0. The lowest BCUT2D eigenvalue weighted by Gasteiger charge is -2.12. The second kappa shape index (κ2) is 7.16. The van der Waals surface area contributed by atoms with Crippen molar-refractivity contribution in [1.29, 1.82) is 0 Å². The van der Waals surface area contributed by atoms with E-state index in [2.05, 4.69) is 0 Å². The lowest BCUT2D eigenvalue weighted by atomic mass is 10.0. The second-order valence-corrected chi connectivity index (χ2v) is 3.31. The van der Waals surface area contributed by atoms with E-state index in [1.165, 1.54) is 0 Å².